The largest absolute Gasteiger partial charge is 0.339 e. The summed E-state index contributed by atoms with van der Waals surface area (Å²) < 4.78 is 2.30. The van der Waals surface area contributed by atoms with Gasteiger partial charge in [0.15, 0.2) is 5.16 Å². The van der Waals surface area contributed by atoms with Crippen LogP contribution in [0.1, 0.15) is 37.3 Å². The molecule has 0 spiro atoms. The molecule has 0 radical (unpaired) electrons. The lowest BCUT2D eigenvalue weighted by molar-refractivity contribution is -0.131. The highest BCUT2D eigenvalue weighted by Gasteiger charge is 2.24. The number of thioether (sulfide) groups is 1. The molecule has 1 saturated heterocycles. The monoisotopic (exact) mass is 427 g/mol. The fourth-order valence-electron chi connectivity index (χ4n) is 3.76. The second-order valence-corrected chi connectivity index (χ2v) is 9.52. The van der Waals surface area contributed by atoms with Crippen molar-refractivity contribution in [3.63, 3.8) is 0 Å². The van der Waals surface area contributed by atoms with Gasteiger partial charge in [-0.2, -0.15) is 0 Å². The molecule has 1 aromatic carbocycles. The first-order chi connectivity index (χ1) is 14.0. The van der Waals surface area contributed by atoms with E-state index in [1.807, 2.05) is 41.5 Å². The number of thiophene rings is 1. The van der Waals surface area contributed by atoms with Gasteiger partial charge in [-0.25, -0.2) is 4.98 Å². The molecule has 29 heavy (non-hydrogen) atoms. The van der Waals surface area contributed by atoms with Crippen LogP contribution in [-0.4, -0.2) is 38.7 Å². The molecule has 2 aromatic heterocycles. The quantitative estimate of drug-likeness (QED) is 0.453. The minimum atomic E-state index is -0.0745. The second kappa shape index (κ2) is 8.32. The van der Waals surface area contributed by atoms with Crippen molar-refractivity contribution in [2.24, 2.45) is 0 Å². The van der Waals surface area contributed by atoms with Crippen LogP contribution in [0.2, 0.25) is 0 Å². The summed E-state index contributed by atoms with van der Waals surface area (Å²) in [7, 11) is 0. The van der Waals surface area contributed by atoms with E-state index in [9.17, 15) is 9.59 Å². The number of hydrogen-bond acceptors (Lipinski definition) is 5. The third-order valence-corrected chi connectivity index (χ3v) is 7.46. The van der Waals surface area contributed by atoms with E-state index >= 15 is 0 Å². The molecule has 0 bridgehead atoms. The Morgan fingerprint density at radius 3 is 2.83 bits per heavy atom. The molecule has 152 valence electrons. The van der Waals surface area contributed by atoms with Crippen molar-refractivity contribution < 1.29 is 4.79 Å². The summed E-state index contributed by atoms with van der Waals surface area (Å²) in [5.41, 5.74) is 3.71. The molecule has 0 aliphatic carbocycles. The Bertz CT molecular complexity index is 1120. The Labute approximate surface area is 178 Å². The Kier molecular flexibility index (Phi) is 5.79. The summed E-state index contributed by atoms with van der Waals surface area (Å²) in [5.74, 6) is 0.408. The maximum absolute atomic E-state index is 13.2. The minimum absolute atomic E-state index is 0.0745. The number of aromatic nitrogens is 2. The van der Waals surface area contributed by atoms with Crippen molar-refractivity contribution in [2.75, 3.05) is 12.3 Å². The molecule has 1 aliphatic rings. The third kappa shape index (κ3) is 3.98. The van der Waals surface area contributed by atoms with Gasteiger partial charge in [0.1, 0.15) is 4.70 Å². The first-order valence-corrected chi connectivity index (χ1v) is 11.8. The van der Waals surface area contributed by atoms with Crippen LogP contribution in [-0.2, 0) is 4.79 Å². The van der Waals surface area contributed by atoms with Crippen LogP contribution >= 0.6 is 23.1 Å². The number of piperidine rings is 1. The molecule has 7 heteroatoms. The average Bonchev–Trinajstić information content (AvgIpc) is 3.18. The summed E-state index contributed by atoms with van der Waals surface area (Å²) in [6.45, 7) is 7.02. The van der Waals surface area contributed by atoms with Crippen LogP contribution in [0.5, 0.6) is 0 Å². The van der Waals surface area contributed by atoms with Gasteiger partial charge in [0.25, 0.3) is 5.56 Å². The lowest BCUT2D eigenvalue weighted by Gasteiger charge is -2.33. The van der Waals surface area contributed by atoms with E-state index in [1.54, 1.807) is 4.57 Å². The van der Waals surface area contributed by atoms with Crippen LogP contribution in [0, 0.1) is 13.8 Å². The second-order valence-electron chi connectivity index (χ2n) is 7.66. The van der Waals surface area contributed by atoms with E-state index in [0.717, 1.165) is 30.6 Å². The number of carbonyl (C=O) groups excluding carboxylic acids is 1. The maximum Gasteiger partial charge on any atom is 0.276 e. The van der Waals surface area contributed by atoms with Gasteiger partial charge in [0.2, 0.25) is 5.91 Å². The summed E-state index contributed by atoms with van der Waals surface area (Å²) in [5, 5.41) is 2.46. The fraction of sp³-hybridized carbons (Fsp3) is 0.409. The Hall–Kier alpha value is -2.12. The van der Waals surface area contributed by atoms with Gasteiger partial charge in [0.05, 0.1) is 17.0 Å². The third-order valence-electron chi connectivity index (χ3n) is 5.65. The van der Waals surface area contributed by atoms with Crippen molar-refractivity contribution in [1.29, 1.82) is 0 Å². The standard InChI is InChI=1S/C22H25N3O2S2/c1-14-7-8-17(12-15(14)2)25-21(27)20-18(9-11-28-20)23-22(25)29-13-19(26)24-10-5-4-6-16(24)3/h7-9,11-12,16H,4-6,10,13H2,1-3H3/t16-/m0/s1. The zero-order valence-corrected chi connectivity index (χ0v) is 18.6. The van der Waals surface area contributed by atoms with Crippen molar-refractivity contribution in [3.8, 4) is 5.69 Å². The molecule has 0 saturated carbocycles. The van der Waals surface area contributed by atoms with Crippen molar-refractivity contribution in [2.45, 2.75) is 51.2 Å². The molecule has 0 unspecified atom stereocenters. The molecule has 0 N–H and O–H groups in total. The summed E-state index contributed by atoms with van der Waals surface area (Å²) in [4.78, 5) is 32.7. The smallest absolute Gasteiger partial charge is 0.276 e. The SMILES string of the molecule is Cc1ccc(-n2c(SCC(=O)N3CCCC[C@@H]3C)nc3ccsc3c2=O)cc1C. The zero-order chi connectivity index (χ0) is 20.5. The number of fused-ring (bicyclic) bond motifs is 1. The predicted molar refractivity (Wildman–Crippen MR) is 120 cm³/mol. The predicted octanol–water partition coefficient (Wildman–Crippen LogP) is 4.56. The molecule has 3 heterocycles. The highest BCUT2D eigenvalue weighted by molar-refractivity contribution is 7.99. The van der Waals surface area contributed by atoms with Crippen LogP contribution in [0.15, 0.2) is 39.6 Å². The number of aryl methyl sites for hydroxylation is 2. The van der Waals surface area contributed by atoms with E-state index in [0.29, 0.717) is 15.4 Å². The first-order valence-electron chi connectivity index (χ1n) is 9.96. The van der Waals surface area contributed by atoms with Gasteiger partial charge in [-0.3, -0.25) is 14.2 Å². The minimum Gasteiger partial charge on any atom is -0.339 e. The zero-order valence-electron chi connectivity index (χ0n) is 17.0. The lowest BCUT2D eigenvalue weighted by atomic mass is 10.0. The molecular formula is C22H25N3O2S2. The fourth-order valence-corrected chi connectivity index (χ4v) is 5.42. The number of likely N-dealkylation sites (tertiary alicyclic amines) is 1. The molecule has 4 rings (SSSR count). The Morgan fingerprint density at radius 2 is 2.07 bits per heavy atom. The number of amides is 1. The molecule has 1 fully saturated rings. The molecule has 1 amide bonds. The number of rotatable bonds is 4. The van der Waals surface area contributed by atoms with E-state index in [4.69, 9.17) is 4.98 Å². The average molecular weight is 428 g/mol. The van der Waals surface area contributed by atoms with Gasteiger partial charge in [-0.15, -0.1) is 11.3 Å². The Morgan fingerprint density at radius 1 is 1.24 bits per heavy atom. The first kappa shape index (κ1) is 20.2. The van der Waals surface area contributed by atoms with Gasteiger partial charge < -0.3 is 4.90 Å². The molecule has 1 aliphatic heterocycles. The van der Waals surface area contributed by atoms with Crippen molar-refractivity contribution in [1.82, 2.24) is 14.5 Å². The number of benzene rings is 1. The van der Waals surface area contributed by atoms with E-state index in [-0.39, 0.29) is 23.3 Å². The lowest BCUT2D eigenvalue weighted by Crippen LogP contribution is -2.43. The normalized spacial score (nSPS) is 17.1. The maximum atomic E-state index is 13.2. The summed E-state index contributed by atoms with van der Waals surface area (Å²) >= 11 is 2.76. The van der Waals surface area contributed by atoms with Crippen LogP contribution in [0.25, 0.3) is 15.9 Å². The molecule has 5 nitrogen and oxygen atoms in total. The van der Waals surface area contributed by atoms with Gasteiger partial charge in [-0.1, -0.05) is 17.8 Å². The van der Waals surface area contributed by atoms with Gasteiger partial charge >= 0.3 is 0 Å². The molecule has 3 aromatic rings. The van der Waals surface area contributed by atoms with Gasteiger partial charge in [0, 0.05) is 12.6 Å². The Balaban J connectivity index is 1.70. The van der Waals surface area contributed by atoms with Crippen molar-refractivity contribution >= 4 is 39.2 Å². The highest BCUT2D eigenvalue weighted by Crippen LogP contribution is 2.26. The summed E-state index contributed by atoms with van der Waals surface area (Å²) in [6.07, 6.45) is 3.30. The van der Waals surface area contributed by atoms with E-state index < -0.39 is 0 Å². The summed E-state index contributed by atoms with van der Waals surface area (Å²) in [6, 6.07) is 8.13. The highest BCUT2D eigenvalue weighted by atomic mass is 32.2. The van der Waals surface area contributed by atoms with E-state index in [1.165, 1.54) is 35.1 Å². The van der Waals surface area contributed by atoms with Crippen LogP contribution in [0.3, 0.4) is 0 Å². The van der Waals surface area contributed by atoms with E-state index in [2.05, 4.69) is 13.8 Å². The number of carbonyl (C=O) groups is 1. The van der Waals surface area contributed by atoms with Crippen LogP contribution in [0.4, 0.5) is 0 Å². The number of nitrogens with zero attached hydrogens (tertiary/aromatic N) is 3. The topological polar surface area (TPSA) is 55.2 Å². The van der Waals surface area contributed by atoms with Gasteiger partial charge in [-0.05, 0) is 74.7 Å². The number of hydrogen-bond donors (Lipinski definition) is 0. The molecular weight excluding hydrogens is 402 g/mol. The van der Waals surface area contributed by atoms with Crippen LogP contribution < -0.4 is 5.56 Å². The van der Waals surface area contributed by atoms with Crippen molar-refractivity contribution in [3.05, 3.63) is 51.1 Å². The molecule has 1 atom stereocenters.